The van der Waals surface area contributed by atoms with Crippen molar-refractivity contribution in [2.24, 2.45) is 0 Å². The Bertz CT molecular complexity index is 149. The van der Waals surface area contributed by atoms with E-state index in [0.29, 0.717) is 6.61 Å². The molecule has 0 N–H and O–H groups in total. The Morgan fingerprint density at radius 2 is 2.55 bits per heavy atom. The first-order chi connectivity index (χ1) is 5.33. The Morgan fingerprint density at radius 3 is 3.09 bits per heavy atom. The molecule has 0 aromatic carbocycles. The monoisotopic (exact) mass is 158 g/mol. The van der Waals surface area contributed by atoms with Crippen molar-refractivity contribution in [3.8, 4) is 0 Å². The van der Waals surface area contributed by atoms with Crippen LogP contribution >= 0.6 is 0 Å². The molecule has 1 aliphatic heterocycles. The fourth-order valence-corrected chi connectivity index (χ4v) is 0.759. The van der Waals surface area contributed by atoms with Gasteiger partial charge >= 0.3 is 5.97 Å². The summed E-state index contributed by atoms with van der Waals surface area (Å²) in [7, 11) is 0. The van der Waals surface area contributed by atoms with E-state index < -0.39 is 5.97 Å². The van der Waals surface area contributed by atoms with E-state index in [1.165, 1.54) is 0 Å². The molecule has 0 aromatic rings. The summed E-state index contributed by atoms with van der Waals surface area (Å²) in [6, 6.07) is 0. The topological polar surface area (TPSA) is 44.8 Å². The van der Waals surface area contributed by atoms with Gasteiger partial charge in [-0.1, -0.05) is 6.58 Å². The van der Waals surface area contributed by atoms with E-state index >= 15 is 0 Å². The fraction of sp³-hybridized carbons (Fsp3) is 0.571. The predicted octanol–water partition coefficient (Wildman–Crippen LogP) is 0.784. The second kappa shape index (κ2) is 4.10. The average molecular weight is 158 g/mol. The summed E-state index contributed by atoms with van der Waals surface area (Å²) < 4.78 is 5.01. The molecule has 4 heteroatoms. The van der Waals surface area contributed by atoms with Gasteiger partial charge in [0.2, 0.25) is 6.29 Å². The molecule has 1 aliphatic rings. The quantitative estimate of drug-likeness (QED) is 0.346. The van der Waals surface area contributed by atoms with E-state index in [-0.39, 0.29) is 6.29 Å². The van der Waals surface area contributed by atoms with Gasteiger partial charge in [-0.25, -0.2) is 4.79 Å². The van der Waals surface area contributed by atoms with E-state index in [9.17, 15) is 4.79 Å². The summed E-state index contributed by atoms with van der Waals surface area (Å²) in [6.45, 7) is 3.87. The maximum atomic E-state index is 10.4. The maximum absolute atomic E-state index is 10.4. The Morgan fingerprint density at radius 1 is 1.73 bits per heavy atom. The molecule has 62 valence electrons. The molecule has 0 radical (unpaired) electrons. The van der Waals surface area contributed by atoms with Gasteiger partial charge in [-0.15, -0.1) is 0 Å². The molecule has 1 heterocycles. The predicted molar refractivity (Wildman–Crippen MR) is 36.3 cm³/mol. The van der Waals surface area contributed by atoms with Crippen LogP contribution in [0.15, 0.2) is 12.7 Å². The van der Waals surface area contributed by atoms with Gasteiger partial charge in [0, 0.05) is 12.5 Å². The normalized spacial score (nSPS) is 23.1. The molecule has 1 atom stereocenters. The Balaban J connectivity index is 2.10. The Kier molecular flexibility index (Phi) is 3.07. The van der Waals surface area contributed by atoms with Crippen molar-refractivity contribution in [2.75, 3.05) is 6.61 Å². The number of hydrogen-bond donors (Lipinski definition) is 0. The minimum absolute atomic E-state index is 0.390. The molecular weight excluding hydrogens is 148 g/mol. The van der Waals surface area contributed by atoms with Crippen LogP contribution in [0, 0.1) is 0 Å². The lowest BCUT2D eigenvalue weighted by Gasteiger charge is -2.06. The van der Waals surface area contributed by atoms with Crippen LogP contribution in [0.4, 0.5) is 0 Å². The van der Waals surface area contributed by atoms with Crippen molar-refractivity contribution in [2.45, 2.75) is 19.1 Å². The summed E-state index contributed by atoms with van der Waals surface area (Å²) in [5, 5.41) is 0. The third kappa shape index (κ3) is 2.69. The second-order valence-corrected chi connectivity index (χ2v) is 2.15. The zero-order chi connectivity index (χ0) is 8.10. The molecule has 11 heavy (non-hydrogen) atoms. The van der Waals surface area contributed by atoms with Crippen molar-refractivity contribution in [1.82, 2.24) is 0 Å². The molecule has 0 aliphatic carbocycles. The first kappa shape index (κ1) is 8.23. The lowest BCUT2D eigenvalue weighted by molar-refractivity contribution is -0.339. The molecule has 0 aromatic heterocycles. The lowest BCUT2D eigenvalue weighted by atomic mass is 10.4. The highest BCUT2D eigenvalue weighted by molar-refractivity contribution is 5.80. The first-order valence-corrected chi connectivity index (χ1v) is 3.44. The highest BCUT2D eigenvalue weighted by Crippen LogP contribution is 2.12. The summed E-state index contributed by atoms with van der Waals surface area (Å²) in [6.07, 6.45) is 2.36. The molecule has 0 spiro atoms. The zero-order valence-corrected chi connectivity index (χ0v) is 6.12. The highest BCUT2D eigenvalue weighted by Gasteiger charge is 2.17. The largest absolute Gasteiger partial charge is 0.365 e. The number of carbonyl (C=O) groups excluding carboxylic acids is 1. The van der Waals surface area contributed by atoms with Crippen LogP contribution in [0.25, 0.3) is 0 Å². The van der Waals surface area contributed by atoms with Crippen molar-refractivity contribution in [3.05, 3.63) is 12.7 Å². The molecular formula is C7H10O4. The van der Waals surface area contributed by atoms with Gasteiger partial charge in [-0.05, 0) is 6.42 Å². The molecule has 4 nitrogen and oxygen atoms in total. The summed E-state index contributed by atoms with van der Waals surface area (Å²) in [5.41, 5.74) is 0. The van der Waals surface area contributed by atoms with Crippen molar-refractivity contribution in [3.63, 3.8) is 0 Å². The van der Waals surface area contributed by atoms with Gasteiger partial charge < -0.3 is 4.74 Å². The van der Waals surface area contributed by atoms with E-state index in [0.717, 1.165) is 18.9 Å². The van der Waals surface area contributed by atoms with Crippen molar-refractivity contribution >= 4 is 5.97 Å². The van der Waals surface area contributed by atoms with Gasteiger partial charge in [0.25, 0.3) is 0 Å². The molecule has 1 unspecified atom stereocenters. The van der Waals surface area contributed by atoms with Gasteiger partial charge in [0.05, 0.1) is 6.61 Å². The lowest BCUT2D eigenvalue weighted by Crippen LogP contribution is -2.13. The van der Waals surface area contributed by atoms with Crippen molar-refractivity contribution < 1.29 is 19.3 Å². The maximum Gasteiger partial charge on any atom is 0.365 e. The molecule has 0 bridgehead atoms. The van der Waals surface area contributed by atoms with Crippen LogP contribution in [-0.4, -0.2) is 18.9 Å². The van der Waals surface area contributed by atoms with Crippen LogP contribution in [0.5, 0.6) is 0 Å². The Hall–Kier alpha value is -0.870. The minimum Gasteiger partial charge on any atom is -0.349 e. The van der Waals surface area contributed by atoms with Gasteiger partial charge in [-0.2, -0.15) is 4.89 Å². The summed E-state index contributed by atoms with van der Waals surface area (Å²) in [4.78, 5) is 19.4. The van der Waals surface area contributed by atoms with E-state index in [4.69, 9.17) is 4.74 Å². The van der Waals surface area contributed by atoms with E-state index in [1.807, 2.05) is 0 Å². The SMILES string of the molecule is C=CC(=O)OOC1CCCO1. The van der Waals surface area contributed by atoms with Gasteiger partial charge in [0.1, 0.15) is 0 Å². The molecule has 1 rings (SSSR count). The number of rotatable bonds is 3. The second-order valence-electron chi connectivity index (χ2n) is 2.15. The third-order valence-corrected chi connectivity index (χ3v) is 1.29. The minimum atomic E-state index is -0.597. The van der Waals surface area contributed by atoms with Crippen LogP contribution < -0.4 is 0 Å². The number of hydrogen-bond acceptors (Lipinski definition) is 4. The number of ether oxygens (including phenoxy) is 1. The molecule has 1 fully saturated rings. The number of carbonyl (C=O) groups is 1. The summed E-state index contributed by atoms with van der Waals surface area (Å²) >= 11 is 0. The van der Waals surface area contributed by atoms with Crippen LogP contribution in [0.3, 0.4) is 0 Å². The Labute approximate surface area is 64.7 Å². The van der Waals surface area contributed by atoms with Crippen molar-refractivity contribution in [1.29, 1.82) is 0 Å². The fourth-order valence-electron chi connectivity index (χ4n) is 0.759. The van der Waals surface area contributed by atoms with E-state index in [2.05, 4.69) is 16.4 Å². The van der Waals surface area contributed by atoms with Gasteiger partial charge in [0.15, 0.2) is 0 Å². The third-order valence-electron chi connectivity index (χ3n) is 1.29. The smallest absolute Gasteiger partial charge is 0.349 e. The van der Waals surface area contributed by atoms with Crippen LogP contribution in [-0.2, 0) is 19.3 Å². The zero-order valence-electron chi connectivity index (χ0n) is 6.12. The molecule has 0 saturated carbocycles. The molecule has 1 saturated heterocycles. The standard InChI is InChI=1S/C7H10O4/c1-2-6(8)10-11-7-4-3-5-9-7/h2,7H,1,3-5H2. The van der Waals surface area contributed by atoms with Crippen LogP contribution in [0.2, 0.25) is 0 Å². The summed E-state index contributed by atoms with van der Waals surface area (Å²) in [5.74, 6) is -0.597. The van der Waals surface area contributed by atoms with E-state index in [1.54, 1.807) is 0 Å². The highest BCUT2D eigenvalue weighted by atomic mass is 17.2. The van der Waals surface area contributed by atoms with Crippen LogP contribution in [0.1, 0.15) is 12.8 Å². The molecule has 0 amide bonds. The van der Waals surface area contributed by atoms with Gasteiger partial charge in [-0.3, -0.25) is 4.89 Å². The first-order valence-electron chi connectivity index (χ1n) is 3.44. The average Bonchev–Trinajstić information content (AvgIpc) is 2.52.